The number of hydrogen-bond donors (Lipinski definition) is 3. The number of aromatic nitrogens is 3. The molecule has 3 saturated heterocycles. The van der Waals surface area contributed by atoms with Gasteiger partial charge in [0.1, 0.15) is 23.3 Å². The fourth-order valence-corrected chi connectivity index (χ4v) is 6.16. The molecule has 0 spiro atoms. The number of piperidine rings is 1. The van der Waals surface area contributed by atoms with Crippen LogP contribution in [-0.4, -0.2) is 82.4 Å². The smallest absolute Gasteiger partial charge is 0.130 e. The zero-order valence-corrected chi connectivity index (χ0v) is 22.3. The Hall–Kier alpha value is -3.56. The lowest BCUT2D eigenvalue weighted by molar-refractivity contribution is 0.153. The first kappa shape index (κ1) is 25.7. The number of hydrogen-bond acceptors (Lipinski definition) is 6. The average Bonchev–Trinajstić information content (AvgIpc) is 3.67. The molecule has 3 fully saturated rings. The van der Waals surface area contributed by atoms with Gasteiger partial charge >= 0.3 is 0 Å². The Morgan fingerprint density at radius 3 is 2.64 bits per heavy atom. The molecule has 3 N–H and O–H groups in total. The molecule has 1 atom stereocenters. The number of rotatable bonds is 6. The quantitative estimate of drug-likeness (QED) is 0.327. The molecule has 3 aromatic rings. The minimum atomic E-state index is -0.235. The Morgan fingerprint density at radius 1 is 1.00 bits per heavy atom. The molecule has 3 aliphatic rings. The van der Waals surface area contributed by atoms with Crippen molar-refractivity contribution in [3.05, 3.63) is 71.9 Å². The molecule has 5 heterocycles. The normalized spacial score (nSPS) is 21.2. The number of aromatic amines is 1. The van der Waals surface area contributed by atoms with Gasteiger partial charge in [-0.25, -0.2) is 14.4 Å². The molecule has 6 rings (SSSR count). The lowest BCUT2D eigenvalue weighted by Crippen LogP contribution is -2.53. The van der Waals surface area contributed by atoms with Crippen LogP contribution in [0.25, 0.3) is 17.5 Å². The van der Waals surface area contributed by atoms with Crippen molar-refractivity contribution in [3.63, 3.8) is 0 Å². The minimum absolute atomic E-state index is 0.0264. The van der Waals surface area contributed by atoms with Gasteiger partial charge in [0.25, 0.3) is 0 Å². The monoisotopic (exact) mass is 528 g/mol. The molecule has 8 nitrogen and oxygen atoms in total. The Labute approximate surface area is 229 Å². The van der Waals surface area contributed by atoms with E-state index in [1.165, 1.54) is 18.9 Å². The van der Waals surface area contributed by atoms with E-state index in [1.54, 1.807) is 24.4 Å². The first-order valence-corrected chi connectivity index (χ1v) is 14.1. The van der Waals surface area contributed by atoms with Crippen LogP contribution in [0.4, 0.5) is 10.2 Å². The molecule has 204 valence electrons. The molecule has 0 radical (unpaired) electrons. The highest BCUT2D eigenvalue weighted by Crippen LogP contribution is 2.32. The molecular formula is C30H37FN8. The summed E-state index contributed by atoms with van der Waals surface area (Å²) in [7, 11) is 0. The summed E-state index contributed by atoms with van der Waals surface area (Å²) in [4.78, 5) is 19.9. The summed E-state index contributed by atoms with van der Waals surface area (Å²) >= 11 is 0. The second kappa shape index (κ2) is 11.7. The summed E-state index contributed by atoms with van der Waals surface area (Å²) in [6, 6.07) is 13.6. The fraction of sp³-hybridized carbons (Fsp3) is 0.433. The summed E-state index contributed by atoms with van der Waals surface area (Å²) in [5.74, 6) is 1.85. The predicted molar refractivity (Wildman–Crippen MR) is 153 cm³/mol. The number of nitrogens with zero attached hydrogens (tertiary/aromatic N) is 5. The van der Waals surface area contributed by atoms with E-state index in [0.717, 1.165) is 81.4 Å². The topological polar surface area (TPSA) is 87.2 Å². The van der Waals surface area contributed by atoms with Crippen LogP contribution in [0, 0.1) is 11.2 Å². The van der Waals surface area contributed by atoms with Crippen molar-refractivity contribution >= 4 is 17.7 Å². The molecule has 1 aromatic carbocycles. The lowest BCUT2D eigenvalue weighted by atomic mass is 10.0. The molecule has 2 aromatic heterocycles. The maximum absolute atomic E-state index is 13.8. The molecule has 0 amide bonds. The van der Waals surface area contributed by atoms with Gasteiger partial charge in [0.05, 0.1) is 23.6 Å². The summed E-state index contributed by atoms with van der Waals surface area (Å²) in [5.41, 5.74) is 2.64. The molecule has 0 aliphatic carbocycles. The van der Waals surface area contributed by atoms with E-state index in [-0.39, 0.29) is 11.9 Å². The highest BCUT2D eigenvalue weighted by Gasteiger charge is 2.28. The molecular weight excluding hydrogens is 491 g/mol. The van der Waals surface area contributed by atoms with E-state index < -0.39 is 0 Å². The third-order valence-electron chi connectivity index (χ3n) is 8.26. The first-order chi connectivity index (χ1) is 19.1. The van der Waals surface area contributed by atoms with E-state index in [9.17, 15) is 4.39 Å². The molecule has 0 bridgehead atoms. The maximum Gasteiger partial charge on any atom is 0.130 e. The van der Waals surface area contributed by atoms with Crippen molar-refractivity contribution in [2.45, 2.75) is 37.8 Å². The van der Waals surface area contributed by atoms with Gasteiger partial charge in [-0.15, -0.1) is 0 Å². The van der Waals surface area contributed by atoms with Crippen LogP contribution in [0.5, 0.6) is 0 Å². The second-order valence-corrected chi connectivity index (χ2v) is 10.7. The lowest BCUT2D eigenvalue weighted by Gasteiger charge is -2.41. The van der Waals surface area contributed by atoms with Crippen LogP contribution in [0.2, 0.25) is 0 Å². The van der Waals surface area contributed by atoms with Crippen molar-refractivity contribution in [2.75, 3.05) is 50.7 Å². The Morgan fingerprint density at radius 2 is 1.82 bits per heavy atom. The number of halogens is 1. The van der Waals surface area contributed by atoms with Crippen molar-refractivity contribution in [1.29, 1.82) is 5.41 Å². The summed E-state index contributed by atoms with van der Waals surface area (Å²) in [6.45, 7) is 7.20. The van der Waals surface area contributed by atoms with Gasteiger partial charge in [-0.1, -0.05) is 18.2 Å². The number of pyridine rings is 1. The first-order valence-electron chi connectivity index (χ1n) is 14.1. The van der Waals surface area contributed by atoms with Crippen molar-refractivity contribution in [2.24, 2.45) is 0 Å². The van der Waals surface area contributed by atoms with Crippen LogP contribution in [0.1, 0.15) is 43.1 Å². The zero-order valence-electron chi connectivity index (χ0n) is 22.3. The van der Waals surface area contributed by atoms with Gasteiger partial charge in [0, 0.05) is 38.8 Å². The van der Waals surface area contributed by atoms with Gasteiger partial charge in [-0.2, -0.15) is 0 Å². The summed E-state index contributed by atoms with van der Waals surface area (Å²) < 4.78 is 13.8. The largest absolute Gasteiger partial charge is 0.354 e. The standard InChI is InChI=1S/C30H37FN8/c31-23-5-1-4-22(20-23)27-7-3-15-39(27)28(32)9-10-29-34-21-26(35-29)25-6-2-8-30(36-25)38-18-16-37(17-19-38)24-11-13-33-14-12-24/h1-2,4-6,8-10,20-21,24,27,32-33H,3,7,11-19H2,(H,34,35)/b10-9-,32-28?/t27-/m1/s1. The number of piperazine rings is 1. The molecule has 9 heteroatoms. The molecule has 3 aliphatic heterocycles. The van der Waals surface area contributed by atoms with E-state index >= 15 is 0 Å². The Bertz CT molecular complexity index is 1310. The van der Waals surface area contributed by atoms with Crippen LogP contribution >= 0.6 is 0 Å². The maximum atomic E-state index is 13.8. The third kappa shape index (κ3) is 5.89. The van der Waals surface area contributed by atoms with Crippen LogP contribution in [0.15, 0.2) is 54.7 Å². The summed E-state index contributed by atoms with van der Waals surface area (Å²) in [6.07, 6.45) is 9.79. The van der Waals surface area contributed by atoms with Gasteiger partial charge in [-0.3, -0.25) is 10.3 Å². The highest BCUT2D eigenvalue weighted by molar-refractivity contribution is 5.94. The number of likely N-dealkylation sites (tertiary alicyclic amines) is 1. The third-order valence-corrected chi connectivity index (χ3v) is 8.26. The molecule has 39 heavy (non-hydrogen) atoms. The van der Waals surface area contributed by atoms with Crippen LogP contribution in [0.3, 0.4) is 0 Å². The van der Waals surface area contributed by atoms with E-state index in [0.29, 0.717) is 17.7 Å². The number of amidine groups is 1. The second-order valence-electron chi connectivity index (χ2n) is 10.7. The van der Waals surface area contributed by atoms with Crippen molar-refractivity contribution < 1.29 is 4.39 Å². The Kier molecular flexibility index (Phi) is 7.69. The fourth-order valence-electron chi connectivity index (χ4n) is 6.16. The molecule has 0 saturated carbocycles. The predicted octanol–water partition coefficient (Wildman–Crippen LogP) is 4.31. The van der Waals surface area contributed by atoms with E-state index in [1.807, 2.05) is 23.1 Å². The van der Waals surface area contributed by atoms with E-state index in [4.69, 9.17) is 10.4 Å². The van der Waals surface area contributed by atoms with Gasteiger partial charge in [0.15, 0.2) is 0 Å². The number of imidazole rings is 1. The van der Waals surface area contributed by atoms with Crippen LogP contribution < -0.4 is 10.2 Å². The van der Waals surface area contributed by atoms with E-state index in [2.05, 4.69) is 37.2 Å². The molecule has 0 unspecified atom stereocenters. The van der Waals surface area contributed by atoms with Gasteiger partial charge in [-0.05, 0) is 80.8 Å². The number of H-pyrrole nitrogens is 1. The number of benzene rings is 1. The van der Waals surface area contributed by atoms with Crippen LogP contribution in [-0.2, 0) is 0 Å². The Balaban J connectivity index is 1.08. The average molecular weight is 529 g/mol. The summed E-state index contributed by atoms with van der Waals surface area (Å²) in [5, 5.41) is 12.1. The van der Waals surface area contributed by atoms with Gasteiger partial charge < -0.3 is 20.1 Å². The van der Waals surface area contributed by atoms with Gasteiger partial charge in [0.2, 0.25) is 0 Å². The highest BCUT2D eigenvalue weighted by atomic mass is 19.1. The number of nitrogens with one attached hydrogen (secondary N) is 3. The van der Waals surface area contributed by atoms with Crippen molar-refractivity contribution in [1.82, 2.24) is 30.1 Å². The minimum Gasteiger partial charge on any atom is -0.354 e. The zero-order chi connectivity index (χ0) is 26.6. The SMILES string of the molecule is N=C(/C=C\c1ncc(-c2cccc(N3CCN(C4CCNCC4)CC3)n2)[nH]1)N1CCC[C@@H]1c1cccc(F)c1. The van der Waals surface area contributed by atoms with Crippen molar-refractivity contribution in [3.8, 4) is 11.4 Å². The number of anilines is 1.